The molecule has 4 aromatic heterocycles. The van der Waals surface area contributed by atoms with Crippen LogP contribution in [0.3, 0.4) is 0 Å². The van der Waals surface area contributed by atoms with E-state index in [2.05, 4.69) is 15.0 Å². The van der Waals surface area contributed by atoms with Gasteiger partial charge in [-0.3, -0.25) is 9.67 Å². The number of aryl methyl sites for hydroxylation is 1. The lowest BCUT2D eigenvalue weighted by Gasteiger charge is -2.27. The van der Waals surface area contributed by atoms with E-state index in [9.17, 15) is 4.39 Å². The number of hydrogen-bond acceptors (Lipinski definition) is 3. The number of pyridine rings is 2. The minimum atomic E-state index is -0.345. The SMILES string of the molecule is Cn1nc(-c2ccc(F)cn2)c(-c2ccnc3[nH]ccc23)c1C1CCC1. The summed E-state index contributed by atoms with van der Waals surface area (Å²) in [6.07, 6.45) is 8.54. The van der Waals surface area contributed by atoms with Crippen LogP contribution in [0.4, 0.5) is 4.39 Å². The maximum atomic E-state index is 13.4. The smallest absolute Gasteiger partial charge is 0.141 e. The van der Waals surface area contributed by atoms with Gasteiger partial charge in [0.15, 0.2) is 0 Å². The summed E-state index contributed by atoms with van der Waals surface area (Å²) >= 11 is 0. The van der Waals surface area contributed by atoms with Gasteiger partial charge < -0.3 is 4.98 Å². The summed E-state index contributed by atoms with van der Waals surface area (Å²) in [5.74, 6) is 0.154. The van der Waals surface area contributed by atoms with E-state index in [1.807, 2.05) is 36.3 Å². The predicted molar refractivity (Wildman–Crippen MR) is 98.1 cm³/mol. The molecule has 0 unspecified atom stereocenters. The average molecular weight is 347 g/mol. The summed E-state index contributed by atoms with van der Waals surface area (Å²) in [6.45, 7) is 0. The van der Waals surface area contributed by atoms with E-state index in [4.69, 9.17) is 5.10 Å². The van der Waals surface area contributed by atoms with E-state index < -0.39 is 0 Å². The summed E-state index contributed by atoms with van der Waals surface area (Å²) in [5, 5.41) is 5.84. The van der Waals surface area contributed by atoms with Crippen LogP contribution in [0.25, 0.3) is 33.5 Å². The molecule has 0 spiro atoms. The Morgan fingerprint density at radius 3 is 2.77 bits per heavy atom. The van der Waals surface area contributed by atoms with Gasteiger partial charge in [-0.25, -0.2) is 9.37 Å². The van der Waals surface area contributed by atoms with Crippen LogP contribution in [-0.2, 0) is 7.05 Å². The molecule has 0 aromatic carbocycles. The average Bonchev–Trinajstić information content (AvgIpc) is 3.20. The van der Waals surface area contributed by atoms with Gasteiger partial charge in [0.1, 0.15) is 17.2 Å². The molecule has 1 fully saturated rings. The Kier molecular flexibility index (Phi) is 3.38. The molecule has 5 rings (SSSR count). The first-order valence-corrected chi connectivity index (χ1v) is 8.83. The van der Waals surface area contributed by atoms with E-state index in [-0.39, 0.29) is 5.82 Å². The second-order valence-corrected chi connectivity index (χ2v) is 6.82. The molecule has 1 saturated carbocycles. The summed E-state index contributed by atoms with van der Waals surface area (Å²) in [6, 6.07) is 7.20. The van der Waals surface area contributed by atoms with Crippen LogP contribution in [0, 0.1) is 5.82 Å². The van der Waals surface area contributed by atoms with Crippen molar-refractivity contribution < 1.29 is 4.39 Å². The third-order valence-electron chi connectivity index (χ3n) is 5.28. The topological polar surface area (TPSA) is 59.4 Å². The largest absolute Gasteiger partial charge is 0.346 e. The van der Waals surface area contributed by atoms with Crippen LogP contribution in [0.15, 0.2) is 42.9 Å². The molecule has 0 amide bonds. The third kappa shape index (κ3) is 2.25. The summed E-state index contributed by atoms with van der Waals surface area (Å²) in [7, 11) is 1.99. The summed E-state index contributed by atoms with van der Waals surface area (Å²) in [5.41, 5.74) is 5.73. The zero-order chi connectivity index (χ0) is 17.7. The highest BCUT2D eigenvalue weighted by Crippen LogP contribution is 2.45. The van der Waals surface area contributed by atoms with Crippen LogP contribution >= 0.6 is 0 Å². The molecular weight excluding hydrogens is 329 g/mol. The van der Waals surface area contributed by atoms with Crippen LogP contribution in [-0.4, -0.2) is 24.7 Å². The van der Waals surface area contributed by atoms with Crippen molar-refractivity contribution in [3.05, 3.63) is 54.4 Å². The molecule has 6 heteroatoms. The van der Waals surface area contributed by atoms with Crippen molar-refractivity contribution in [1.82, 2.24) is 24.7 Å². The second kappa shape index (κ2) is 5.76. The minimum absolute atomic E-state index is 0.345. The maximum absolute atomic E-state index is 13.4. The highest BCUT2D eigenvalue weighted by molar-refractivity contribution is 5.97. The molecular formula is C20H18FN5. The highest BCUT2D eigenvalue weighted by Gasteiger charge is 2.30. The summed E-state index contributed by atoms with van der Waals surface area (Å²) < 4.78 is 15.3. The lowest BCUT2D eigenvalue weighted by atomic mass is 9.79. The van der Waals surface area contributed by atoms with E-state index in [0.717, 1.165) is 27.9 Å². The molecule has 1 aliphatic rings. The first-order chi connectivity index (χ1) is 12.7. The van der Waals surface area contributed by atoms with Gasteiger partial charge in [0.25, 0.3) is 0 Å². The quantitative estimate of drug-likeness (QED) is 0.596. The number of aromatic nitrogens is 5. The first kappa shape index (κ1) is 15.3. The molecule has 0 atom stereocenters. The molecule has 4 aromatic rings. The second-order valence-electron chi connectivity index (χ2n) is 6.82. The van der Waals surface area contributed by atoms with Crippen molar-refractivity contribution in [3.63, 3.8) is 0 Å². The lowest BCUT2D eigenvalue weighted by molar-refractivity contribution is 0.398. The van der Waals surface area contributed by atoms with Crippen molar-refractivity contribution >= 4 is 11.0 Å². The first-order valence-electron chi connectivity index (χ1n) is 8.83. The number of nitrogens with one attached hydrogen (secondary N) is 1. The Hall–Kier alpha value is -3.02. The monoisotopic (exact) mass is 347 g/mol. The number of H-pyrrole nitrogens is 1. The Labute approximate surface area is 149 Å². The van der Waals surface area contributed by atoms with E-state index in [1.165, 1.54) is 37.2 Å². The van der Waals surface area contributed by atoms with Gasteiger partial charge in [-0.05, 0) is 42.7 Å². The van der Waals surface area contributed by atoms with Crippen molar-refractivity contribution in [2.45, 2.75) is 25.2 Å². The fourth-order valence-corrected chi connectivity index (χ4v) is 3.83. The molecule has 0 radical (unpaired) electrons. The molecule has 0 bridgehead atoms. The third-order valence-corrected chi connectivity index (χ3v) is 5.28. The maximum Gasteiger partial charge on any atom is 0.141 e. The lowest BCUT2D eigenvalue weighted by Crippen LogP contribution is -2.14. The Bertz CT molecular complexity index is 1090. The number of rotatable bonds is 3. The number of aromatic amines is 1. The van der Waals surface area contributed by atoms with Crippen LogP contribution in [0.5, 0.6) is 0 Å². The van der Waals surface area contributed by atoms with Crippen molar-refractivity contribution in [1.29, 1.82) is 0 Å². The minimum Gasteiger partial charge on any atom is -0.346 e. The zero-order valence-electron chi connectivity index (χ0n) is 14.4. The van der Waals surface area contributed by atoms with Crippen molar-refractivity contribution in [2.24, 2.45) is 7.05 Å². The molecule has 1 aliphatic carbocycles. The molecule has 130 valence electrons. The fraction of sp³-hybridized carbons (Fsp3) is 0.250. The number of fused-ring (bicyclic) bond motifs is 1. The van der Waals surface area contributed by atoms with Gasteiger partial charge in [0.2, 0.25) is 0 Å². The molecule has 0 saturated heterocycles. The molecule has 26 heavy (non-hydrogen) atoms. The fourth-order valence-electron chi connectivity index (χ4n) is 3.83. The Balaban J connectivity index is 1.81. The number of hydrogen-bond donors (Lipinski definition) is 1. The van der Waals surface area contributed by atoms with Crippen LogP contribution < -0.4 is 0 Å². The molecule has 5 nitrogen and oxygen atoms in total. The number of nitrogens with zero attached hydrogens (tertiary/aromatic N) is 4. The van der Waals surface area contributed by atoms with Gasteiger partial charge in [-0.15, -0.1) is 0 Å². The van der Waals surface area contributed by atoms with E-state index in [1.54, 1.807) is 6.07 Å². The molecule has 1 N–H and O–H groups in total. The Morgan fingerprint density at radius 2 is 2.04 bits per heavy atom. The molecule has 4 heterocycles. The van der Waals surface area contributed by atoms with Gasteiger partial charge >= 0.3 is 0 Å². The van der Waals surface area contributed by atoms with Crippen molar-refractivity contribution in [3.8, 4) is 22.5 Å². The van der Waals surface area contributed by atoms with Gasteiger partial charge in [-0.2, -0.15) is 5.10 Å². The number of halogens is 1. The standard InChI is InChI=1S/C20H18FN5/c1-26-19(12-3-2-4-12)17(14-7-9-22-20-15(14)8-10-23-20)18(25-26)16-6-5-13(21)11-24-16/h5-12H,2-4H2,1H3,(H,22,23). The van der Waals surface area contributed by atoms with E-state index >= 15 is 0 Å². The predicted octanol–water partition coefficient (Wildman–Crippen LogP) is 4.43. The van der Waals surface area contributed by atoms with Gasteiger partial charge in [0.05, 0.1) is 11.9 Å². The van der Waals surface area contributed by atoms with Gasteiger partial charge in [-0.1, -0.05) is 6.42 Å². The van der Waals surface area contributed by atoms with Gasteiger partial charge in [0, 0.05) is 42.0 Å². The van der Waals surface area contributed by atoms with Crippen molar-refractivity contribution in [2.75, 3.05) is 0 Å². The zero-order valence-corrected chi connectivity index (χ0v) is 14.4. The highest BCUT2D eigenvalue weighted by atomic mass is 19.1. The normalized spacial score (nSPS) is 14.7. The Morgan fingerprint density at radius 1 is 1.15 bits per heavy atom. The molecule has 0 aliphatic heterocycles. The van der Waals surface area contributed by atoms with E-state index in [0.29, 0.717) is 11.6 Å². The van der Waals surface area contributed by atoms with Crippen LogP contribution in [0.2, 0.25) is 0 Å². The van der Waals surface area contributed by atoms with Crippen LogP contribution in [0.1, 0.15) is 30.9 Å². The summed E-state index contributed by atoms with van der Waals surface area (Å²) in [4.78, 5) is 11.9.